The Morgan fingerprint density at radius 2 is 1.58 bits per heavy atom. The second-order valence-corrected chi connectivity index (χ2v) is 9.16. The molecule has 3 aromatic rings. The number of halogens is 1. The summed E-state index contributed by atoms with van der Waals surface area (Å²) in [5.41, 5.74) is 1.87. The SMILES string of the molecule is CCN(c1ccc(C(=O)Nc2ccc(Cl)cc2C(=O)c2ccccc2)cc1)S(C)(=O)=O. The van der Waals surface area contributed by atoms with Crippen molar-refractivity contribution in [3.05, 3.63) is 94.5 Å². The molecule has 0 unspecified atom stereocenters. The Balaban J connectivity index is 1.86. The third kappa shape index (κ3) is 5.31. The van der Waals surface area contributed by atoms with E-state index in [1.807, 2.05) is 6.07 Å². The van der Waals surface area contributed by atoms with Crippen LogP contribution in [0, 0.1) is 0 Å². The minimum absolute atomic E-state index is 0.263. The number of nitrogens with zero attached hydrogens (tertiary/aromatic N) is 1. The predicted molar refractivity (Wildman–Crippen MR) is 124 cm³/mol. The van der Waals surface area contributed by atoms with Crippen LogP contribution in [0.2, 0.25) is 5.02 Å². The zero-order valence-electron chi connectivity index (χ0n) is 17.0. The zero-order chi connectivity index (χ0) is 22.6. The minimum atomic E-state index is -3.41. The van der Waals surface area contributed by atoms with Gasteiger partial charge >= 0.3 is 0 Å². The molecule has 0 saturated heterocycles. The van der Waals surface area contributed by atoms with Crippen molar-refractivity contribution in [2.24, 2.45) is 0 Å². The number of hydrogen-bond acceptors (Lipinski definition) is 4. The van der Waals surface area contributed by atoms with Gasteiger partial charge in [0.2, 0.25) is 10.0 Å². The molecule has 31 heavy (non-hydrogen) atoms. The summed E-state index contributed by atoms with van der Waals surface area (Å²) in [5.74, 6) is -0.695. The van der Waals surface area contributed by atoms with E-state index >= 15 is 0 Å². The van der Waals surface area contributed by atoms with Crippen LogP contribution in [-0.4, -0.2) is 32.9 Å². The molecule has 3 aromatic carbocycles. The van der Waals surface area contributed by atoms with Crippen molar-refractivity contribution in [1.29, 1.82) is 0 Å². The van der Waals surface area contributed by atoms with E-state index in [2.05, 4.69) is 5.32 Å². The van der Waals surface area contributed by atoms with Gasteiger partial charge in [0.05, 0.1) is 17.6 Å². The molecule has 1 N–H and O–H groups in total. The highest BCUT2D eigenvalue weighted by Gasteiger charge is 2.18. The molecule has 0 bridgehead atoms. The number of carbonyl (C=O) groups excluding carboxylic acids is 2. The van der Waals surface area contributed by atoms with Gasteiger partial charge in [0, 0.05) is 28.3 Å². The molecule has 0 spiro atoms. The highest BCUT2D eigenvalue weighted by Crippen LogP contribution is 2.25. The summed E-state index contributed by atoms with van der Waals surface area (Å²) >= 11 is 6.08. The van der Waals surface area contributed by atoms with Gasteiger partial charge in [0.25, 0.3) is 5.91 Å². The molecule has 6 nitrogen and oxygen atoms in total. The molecule has 0 radical (unpaired) electrons. The largest absolute Gasteiger partial charge is 0.321 e. The van der Waals surface area contributed by atoms with E-state index < -0.39 is 15.9 Å². The number of sulfonamides is 1. The van der Waals surface area contributed by atoms with E-state index in [4.69, 9.17) is 11.6 Å². The normalized spacial score (nSPS) is 11.1. The number of benzene rings is 3. The standard InChI is InChI=1S/C23H21ClN2O4S/c1-3-26(31(2,29)30)19-12-9-17(10-13-19)23(28)25-21-14-11-18(24)15-20(21)22(27)16-7-5-4-6-8-16/h4-15H,3H2,1-2H3,(H,25,28). The van der Waals surface area contributed by atoms with Crippen LogP contribution in [0.5, 0.6) is 0 Å². The van der Waals surface area contributed by atoms with Gasteiger partial charge in [0.1, 0.15) is 0 Å². The lowest BCUT2D eigenvalue weighted by molar-refractivity contribution is 0.102. The summed E-state index contributed by atoms with van der Waals surface area (Å²) in [6.07, 6.45) is 1.13. The van der Waals surface area contributed by atoms with Gasteiger partial charge in [-0.15, -0.1) is 0 Å². The maximum Gasteiger partial charge on any atom is 0.255 e. The Bertz CT molecular complexity index is 1210. The molecule has 0 aliphatic carbocycles. The number of hydrogen-bond donors (Lipinski definition) is 1. The maximum atomic E-state index is 12.9. The van der Waals surface area contributed by atoms with Crippen LogP contribution < -0.4 is 9.62 Å². The Hall–Kier alpha value is -3.16. The fourth-order valence-electron chi connectivity index (χ4n) is 3.14. The molecule has 3 rings (SSSR count). The molecule has 0 fully saturated rings. The lowest BCUT2D eigenvalue weighted by atomic mass is 10.0. The third-order valence-electron chi connectivity index (χ3n) is 4.62. The van der Waals surface area contributed by atoms with Crippen molar-refractivity contribution < 1.29 is 18.0 Å². The van der Waals surface area contributed by atoms with Gasteiger partial charge in [-0.1, -0.05) is 41.9 Å². The second-order valence-electron chi connectivity index (χ2n) is 6.81. The minimum Gasteiger partial charge on any atom is -0.321 e. The van der Waals surface area contributed by atoms with Crippen LogP contribution in [0.1, 0.15) is 33.2 Å². The molecular weight excluding hydrogens is 436 g/mol. The van der Waals surface area contributed by atoms with Gasteiger partial charge in [-0.2, -0.15) is 0 Å². The monoisotopic (exact) mass is 456 g/mol. The Morgan fingerprint density at radius 1 is 0.935 bits per heavy atom. The summed E-state index contributed by atoms with van der Waals surface area (Å²) in [7, 11) is -3.41. The summed E-state index contributed by atoms with van der Waals surface area (Å²) in [6, 6.07) is 19.6. The lowest BCUT2D eigenvalue weighted by Gasteiger charge is -2.20. The van der Waals surface area contributed by atoms with E-state index in [1.54, 1.807) is 55.5 Å². The van der Waals surface area contributed by atoms with Crippen LogP contribution in [0.15, 0.2) is 72.8 Å². The van der Waals surface area contributed by atoms with E-state index in [9.17, 15) is 18.0 Å². The number of rotatable bonds is 7. The van der Waals surface area contributed by atoms with Crippen molar-refractivity contribution in [3.8, 4) is 0 Å². The lowest BCUT2D eigenvalue weighted by Crippen LogP contribution is -2.29. The fourth-order valence-corrected chi connectivity index (χ4v) is 4.29. The quantitative estimate of drug-likeness (QED) is 0.526. The first-order valence-corrected chi connectivity index (χ1v) is 11.7. The molecule has 0 aromatic heterocycles. The Labute approximate surface area is 186 Å². The molecule has 0 saturated carbocycles. The first-order valence-electron chi connectivity index (χ1n) is 9.49. The topological polar surface area (TPSA) is 83.6 Å². The molecule has 1 amide bonds. The number of amides is 1. The van der Waals surface area contributed by atoms with Gasteiger partial charge in [-0.3, -0.25) is 13.9 Å². The molecule has 160 valence electrons. The molecule has 0 aliphatic rings. The van der Waals surface area contributed by atoms with Gasteiger partial charge in [-0.05, 0) is 49.4 Å². The van der Waals surface area contributed by atoms with Crippen LogP contribution in [0.25, 0.3) is 0 Å². The molecular formula is C23H21ClN2O4S. The number of carbonyl (C=O) groups is 2. The van der Waals surface area contributed by atoms with Gasteiger partial charge in [-0.25, -0.2) is 8.42 Å². The van der Waals surface area contributed by atoms with Crippen molar-refractivity contribution in [2.45, 2.75) is 6.92 Å². The highest BCUT2D eigenvalue weighted by molar-refractivity contribution is 7.92. The zero-order valence-corrected chi connectivity index (χ0v) is 18.6. The summed E-state index contributed by atoms with van der Waals surface area (Å²) < 4.78 is 25.0. The van der Waals surface area contributed by atoms with Crippen molar-refractivity contribution >= 4 is 44.7 Å². The van der Waals surface area contributed by atoms with Crippen LogP contribution in [0.3, 0.4) is 0 Å². The fraction of sp³-hybridized carbons (Fsp3) is 0.130. The third-order valence-corrected chi connectivity index (χ3v) is 6.12. The molecule has 0 aliphatic heterocycles. The number of anilines is 2. The highest BCUT2D eigenvalue weighted by atomic mass is 35.5. The Morgan fingerprint density at radius 3 is 2.16 bits per heavy atom. The molecule has 8 heteroatoms. The van der Waals surface area contributed by atoms with Crippen molar-refractivity contribution in [3.63, 3.8) is 0 Å². The van der Waals surface area contributed by atoms with E-state index in [-0.39, 0.29) is 17.9 Å². The van der Waals surface area contributed by atoms with Crippen molar-refractivity contribution in [2.75, 3.05) is 22.4 Å². The van der Waals surface area contributed by atoms with Gasteiger partial charge < -0.3 is 5.32 Å². The van der Waals surface area contributed by atoms with Gasteiger partial charge in [0.15, 0.2) is 5.78 Å². The maximum absolute atomic E-state index is 12.9. The number of nitrogens with one attached hydrogen (secondary N) is 1. The van der Waals surface area contributed by atoms with Crippen LogP contribution in [0.4, 0.5) is 11.4 Å². The predicted octanol–water partition coefficient (Wildman–Crippen LogP) is 4.61. The smallest absolute Gasteiger partial charge is 0.255 e. The second kappa shape index (κ2) is 9.32. The van der Waals surface area contributed by atoms with Crippen molar-refractivity contribution in [1.82, 2.24) is 0 Å². The average molecular weight is 457 g/mol. The molecule has 0 atom stereocenters. The molecule has 0 heterocycles. The first-order chi connectivity index (χ1) is 14.7. The van der Waals surface area contributed by atoms with E-state index in [0.29, 0.717) is 27.5 Å². The first kappa shape index (κ1) is 22.5. The van der Waals surface area contributed by atoms with Crippen LogP contribution >= 0.6 is 11.6 Å². The van der Waals surface area contributed by atoms with Crippen LogP contribution in [-0.2, 0) is 10.0 Å². The van der Waals surface area contributed by atoms with E-state index in [0.717, 1.165) is 6.26 Å². The number of ketones is 1. The summed E-state index contributed by atoms with van der Waals surface area (Å²) in [5, 5.41) is 3.12. The Kier molecular flexibility index (Phi) is 6.77. The summed E-state index contributed by atoms with van der Waals surface area (Å²) in [6.45, 7) is 2.01. The summed E-state index contributed by atoms with van der Waals surface area (Å²) in [4.78, 5) is 25.7. The van der Waals surface area contributed by atoms with E-state index in [1.165, 1.54) is 22.5 Å². The average Bonchev–Trinajstić information content (AvgIpc) is 2.75.